The van der Waals surface area contributed by atoms with Gasteiger partial charge >= 0.3 is 8.80 Å². The van der Waals surface area contributed by atoms with E-state index in [1.165, 1.54) is 5.56 Å². The van der Waals surface area contributed by atoms with Gasteiger partial charge in [0.2, 0.25) is 0 Å². The molecule has 0 unspecified atom stereocenters. The largest absolute Gasteiger partial charge is 0.500 e. The van der Waals surface area contributed by atoms with Crippen LogP contribution in [0.4, 0.5) is 0 Å². The fourth-order valence-corrected chi connectivity index (χ4v) is 5.37. The van der Waals surface area contributed by atoms with E-state index >= 15 is 0 Å². The lowest BCUT2D eigenvalue weighted by Crippen LogP contribution is -2.46. The number of hydrogen-bond donors (Lipinski definition) is 0. The van der Waals surface area contributed by atoms with Crippen molar-refractivity contribution in [2.45, 2.75) is 39.7 Å². The van der Waals surface area contributed by atoms with E-state index in [1.807, 2.05) is 26.8 Å². The third-order valence-corrected chi connectivity index (χ3v) is 6.80. The molecule has 0 saturated carbocycles. The van der Waals surface area contributed by atoms with Crippen LogP contribution in [-0.2, 0) is 19.7 Å². The Bertz CT molecular complexity index is 463. The molecule has 0 saturated heterocycles. The molecule has 2 rings (SSSR count). The van der Waals surface area contributed by atoms with E-state index in [2.05, 4.69) is 12.1 Å². The van der Waals surface area contributed by atoms with E-state index in [-0.39, 0.29) is 0 Å². The second-order valence-corrected chi connectivity index (χ2v) is 8.05. The molecular weight excluding hydrogens is 312 g/mol. The standard InChI is InChI=1S/C17H28O5Si/c1-4-20-23(21-5-2,22-6-3)13-7-8-15-9-10-16-17(14-15)19-12-11-18-16/h9-10,14H,4-8,11-13H2,1-3H3. The molecule has 0 N–H and O–H groups in total. The Balaban J connectivity index is 1.93. The van der Waals surface area contributed by atoms with Crippen molar-refractivity contribution in [3.63, 3.8) is 0 Å². The summed E-state index contributed by atoms with van der Waals surface area (Å²) in [6, 6.07) is 6.98. The van der Waals surface area contributed by atoms with Gasteiger partial charge in [-0.05, 0) is 51.3 Å². The van der Waals surface area contributed by atoms with E-state index < -0.39 is 8.80 Å². The van der Waals surface area contributed by atoms with Crippen LogP contribution in [0.5, 0.6) is 11.5 Å². The highest BCUT2D eigenvalue weighted by atomic mass is 28.4. The van der Waals surface area contributed by atoms with Gasteiger partial charge in [0.1, 0.15) is 13.2 Å². The minimum atomic E-state index is -2.53. The van der Waals surface area contributed by atoms with Crippen molar-refractivity contribution < 1.29 is 22.8 Å². The summed E-state index contributed by atoms with van der Waals surface area (Å²) < 4.78 is 28.9. The summed E-state index contributed by atoms with van der Waals surface area (Å²) in [4.78, 5) is 0. The van der Waals surface area contributed by atoms with Crippen LogP contribution in [0.1, 0.15) is 32.8 Å². The van der Waals surface area contributed by atoms with Crippen molar-refractivity contribution >= 4 is 8.80 Å². The zero-order valence-corrected chi connectivity index (χ0v) is 15.4. The summed E-state index contributed by atoms with van der Waals surface area (Å²) in [6.07, 6.45) is 1.91. The molecule has 0 bridgehead atoms. The van der Waals surface area contributed by atoms with Crippen LogP contribution in [-0.4, -0.2) is 41.8 Å². The van der Waals surface area contributed by atoms with Gasteiger partial charge in [-0.25, -0.2) is 0 Å². The van der Waals surface area contributed by atoms with Crippen LogP contribution in [0.3, 0.4) is 0 Å². The Kier molecular flexibility index (Phi) is 7.36. The summed E-state index contributed by atoms with van der Waals surface area (Å²) in [7, 11) is -2.53. The molecule has 1 aliphatic rings. The Morgan fingerprint density at radius 1 is 0.913 bits per heavy atom. The molecule has 23 heavy (non-hydrogen) atoms. The number of ether oxygens (including phenoxy) is 2. The van der Waals surface area contributed by atoms with E-state index in [0.29, 0.717) is 33.0 Å². The maximum atomic E-state index is 5.89. The predicted octanol–water partition coefficient (Wildman–Crippen LogP) is 3.44. The molecule has 0 radical (unpaired) electrons. The van der Waals surface area contributed by atoms with E-state index in [4.69, 9.17) is 22.8 Å². The fourth-order valence-electron chi connectivity index (χ4n) is 2.75. The predicted molar refractivity (Wildman–Crippen MR) is 91.2 cm³/mol. The SMILES string of the molecule is CCO[Si](CCCc1ccc2c(c1)OCCO2)(OCC)OCC. The monoisotopic (exact) mass is 340 g/mol. The lowest BCUT2D eigenvalue weighted by atomic mass is 10.1. The molecule has 1 heterocycles. The summed E-state index contributed by atoms with van der Waals surface area (Å²) in [6.45, 7) is 9.06. The Labute approximate surface area is 140 Å². The molecule has 130 valence electrons. The van der Waals surface area contributed by atoms with Crippen LogP contribution < -0.4 is 9.47 Å². The topological polar surface area (TPSA) is 46.2 Å². The van der Waals surface area contributed by atoms with Gasteiger partial charge in [-0.3, -0.25) is 0 Å². The highest BCUT2D eigenvalue weighted by molar-refractivity contribution is 6.60. The first-order valence-corrected chi connectivity index (χ1v) is 10.5. The van der Waals surface area contributed by atoms with E-state index in [9.17, 15) is 0 Å². The highest BCUT2D eigenvalue weighted by Gasteiger charge is 2.39. The number of fused-ring (bicyclic) bond motifs is 1. The lowest BCUT2D eigenvalue weighted by molar-refractivity contribution is 0.0708. The zero-order valence-electron chi connectivity index (χ0n) is 14.4. The smallest absolute Gasteiger partial charge is 0.486 e. The first-order valence-electron chi connectivity index (χ1n) is 8.53. The van der Waals surface area contributed by atoms with Crippen LogP contribution in [0, 0.1) is 0 Å². The second kappa shape index (κ2) is 9.27. The van der Waals surface area contributed by atoms with Crippen LogP contribution in [0.2, 0.25) is 6.04 Å². The van der Waals surface area contributed by atoms with Crippen molar-refractivity contribution in [1.82, 2.24) is 0 Å². The Morgan fingerprint density at radius 3 is 2.13 bits per heavy atom. The molecule has 1 aliphatic heterocycles. The number of rotatable bonds is 10. The molecule has 1 aromatic rings. The lowest BCUT2D eigenvalue weighted by Gasteiger charge is -2.28. The Hall–Kier alpha value is -1.08. The van der Waals surface area contributed by atoms with Gasteiger partial charge in [-0.2, -0.15) is 0 Å². The fraction of sp³-hybridized carbons (Fsp3) is 0.647. The highest BCUT2D eigenvalue weighted by Crippen LogP contribution is 2.31. The average Bonchev–Trinajstić information content (AvgIpc) is 2.55. The molecule has 6 heteroatoms. The van der Waals surface area contributed by atoms with Crippen molar-refractivity contribution in [3.05, 3.63) is 23.8 Å². The summed E-state index contributed by atoms with van der Waals surface area (Å²) in [5.74, 6) is 1.68. The van der Waals surface area contributed by atoms with Crippen molar-refractivity contribution in [3.8, 4) is 11.5 Å². The molecule has 0 atom stereocenters. The van der Waals surface area contributed by atoms with Gasteiger partial charge in [0.25, 0.3) is 0 Å². The molecule has 0 fully saturated rings. The molecule has 1 aromatic carbocycles. The summed E-state index contributed by atoms with van der Waals surface area (Å²) in [5.41, 5.74) is 1.24. The van der Waals surface area contributed by atoms with E-state index in [1.54, 1.807) is 0 Å². The maximum Gasteiger partial charge on any atom is 0.500 e. The first kappa shape index (κ1) is 18.3. The zero-order chi connectivity index (χ0) is 16.5. The molecule has 0 aromatic heterocycles. The number of benzene rings is 1. The third-order valence-electron chi connectivity index (χ3n) is 3.65. The second-order valence-electron chi connectivity index (χ2n) is 5.31. The molecule has 5 nitrogen and oxygen atoms in total. The maximum absolute atomic E-state index is 5.89. The van der Waals surface area contributed by atoms with Crippen molar-refractivity contribution in [2.24, 2.45) is 0 Å². The summed E-state index contributed by atoms with van der Waals surface area (Å²) in [5, 5.41) is 0. The molecular formula is C17H28O5Si. The van der Waals surface area contributed by atoms with Crippen molar-refractivity contribution in [1.29, 1.82) is 0 Å². The molecule has 0 aliphatic carbocycles. The van der Waals surface area contributed by atoms with Crippen LogP contribution >= 0.6 is 0 Å². The van der Waals surface area contributed by atoms with Crippen LogP contribution in [0.15, 0.2) is 18.2 Å². The minimum Gasteiger partial charge on any atom is -0.486 e. The van der Waals surface area contributed by atoms with E-state index in [0.717, 1.165) is 30.4 Å². The summed E-state index contributed by atoms with van der Waals surface area (Å²) >= 11 is 0. The van der Waals surface area contributed by atoms with Gasteiger partial charge in [-0.1, -0.05) is 6.07 Å². The van der Waals surface area contributed by atoms with Crippen molar-refractivity contribution in [2.75, 3.05) is 33.0 Å². The van der Waals surface area contributed by atoms with Gasteiger partial charge < -0.3 is 22.8 Å². The van der Waals surface area contributed by atoms with Gasteiger partial charge in [-0.15, -0.1) is 0 Å². The quantitative estimate of drug-likeness (QED) is 0.611. The Morgan fingerprint density at radius 2 is 1.52 bits per heavy atom. The average molecular weight is 340 g/mol. The molecule has 0 amide bonds. The number of aryl methyl sites for hydroxylation is 1. The van der Waals surface area contributed by atoms with Gasteiger partial charge in [0, 0.05) is 25.9 Å². The van der Waals surface area contributed by atoms with Gasteiger partial charge in [0.15, 0.2) is 11.5 Å². The van der Waals surface area contributed by atoms with Crippen LogP contribution in [0.25, 0.3) is 0 Å². The number of hydrogen-bond acceptors (Lipinski definition) is 5. The van der Waals surface area contributed by atoms with Gasteiger partial charge in [0.05, 0.1) is 0 Å². The normalized spacial score (nSPS) is 14.0. The minimum absolute atomic E-state index is 0.617. The third kappa shape index (κ3) is 5.21. The molecule has 0 spiro atoms. The first-order chi connectivity index (χ1) is 11.2.